The molecule has 0 bridgehead atoms. The van der Waals surface area contributed by atoms with E-state index in [-0.39, 0.29) is 10.9 Å². The van der Waals surface area contributed by atoms with Gasteiger partial charge in [-0.05, 0) is 53.6 Å². The molecule has 1 saturated carbocycles. The van der Waals surface area contributed by atoms with Crippen LogP contribution >= 0.6 is 15.9 Å². The fourth-order valence-corrected chi connectivity index (χ4v) is 6.05. The zero-order chi connectivity index (χ0) is 15.0. The summed E-state index contributed by atoms with van der Waals surface area (Å²) in [5.74, 6) is 0.949. The molecule has 0 spiro atoms. The number of aromatic nitrogens is 1. The number of sulfonamides is 1. The van der Waals surface area contributed by atoms with Crippen LogP contribution in [-0.4, -0.2) is 37.3 Å². The minimum atomic E-state index is -3.50. The lowest BCUT2D eigenvalue weighted by Crippen LogP contribution is -2.46. The van der Waals surface area contributed by atoms with Gasteiger partial charge in [0.05, 0.1) is 0 Å². The Balaban J connectivity index is 2.02. The second-order valence-corrected chi connectivity index (χ2v) is 8.54. The average molecular weight is 374 g/mol. The normalized spacial score (nSPS) is 26.6. The van der Waals surface area contributed by atoms with Gasteiger partial charge in [0.25, 0.3) is 0 Å². The van der Waals surface area contributed by atoms with E-state index in [1.54, 1.807) is 23.6 Å². The van der Waals surface area contributed by atoms with Crippen LogP contribution in [0.5, 0.6) is 0 Å². The van der Waals surface area contributed by atoms with E-state index >= 15 is 0 Å². The topological polar surface area (TPSA) is 62.3 Å². The van der Waals surface area contributed by atoms with E-state index < -0.39 is 10.0 Å². The summed E-state index contributed by atoms with van der Waals surface area (Å²) in [5.41, 5.74) is 0. The lowest BCUT2D eigenvalue weighted by molar-refractivity contribution is 0.202. The van der Waals surface area contributed by atoms with Crippen molar-refractivity contribution >= 4 is 31.8 Å². The summed E-state index contributed by atoms with van der Waals surface area (Å²) in [4.78, 5) is 4.45. The number of anilines is 1. The molecule has 1 aliphatic carbocycles. The first-order valence-corrected chi connectivity index (χ1v) is 9.62. The van der Waals surface area contributed by atoms with Crippen molar-refractivity contribution in [1.82, 2.24) is 9.29 Å². The van der Waals surface area contributed by atoms with Gasteiger partial charge in [0.1, 0.15) is 10.7 Å². The second-order valence-electron chi connectivity index (χ2n) is 5.77. The van der Waals surface area contributed by atoms with Crippen LogP contribution in [0.3, 0.4) is 0 Å². The van der Waals surface area contributed by atoms with Crippen molar-refractivity contribution in [2.75, 3.05) is 18.9 Å². The minimum Gasteiger partial charge on any atom is -0.372 e. The Morgan fingerprint density at radius 2 is 2.10 bits per heavy atom. The highest BCUT2D eigenvalue weighted by atomic mass is 79.9. The Morgan fingerprint density at radius 1 is 1.33 bits per heavy atom. The molecule has 21 heavy (non-hydrogen) atoms. The van der Waals surface area contributed by atoms with Crippen molar-refractivity contribution in [3.05, 3.63) is 16.7 Å². The summed E-state index contributed by atoms with van der Waals surface area (Å²) in [6.45, 7) is 0.624. The molecule has 5 nitrogen and oxygen atoms in total. The smallest absolute Gasteiger partial charge is 0.247 e. The molecule has 0 amide bonds. The molecule has 2 unspecified atom stereocenters. The number of rotatable bonds is 3. The minimum absolute atomic E-state index is 0.174. The predicted molar refractivity (Wildman–Crippen MR) is 85.7 cm³/mol. The van der Waals surface area contributed by atoms with Gasteiger partial charge >= 0.3 is 0 Å². The van der Waals surface area contributed by atoms with Crippen molar-refractivity contribution in [3.8, 4) is 0 Å². The third-order valence-corrected chi connectivity index (χ3v) is 6.96. The summed E-state index contributed by atoms with van der Waals surface area (Å²) in [7, 11) is -1.80. The van der Waals surface area contributed by atoms with E-state index in [1.165, 1.54) is 0 Å². The van der Waals surface area contributed by atoms with Crippen LogP contribution in [0.2, 0.25) is 0 Å². The summed E-state index contributed by atoms with van der Waals surface area (Å²) in [5, 5.41) is 2.89. The van der Waals surface area contributed by atoms with Gasteiger partial charge in [-0.3, -0.25) is 0 Å². The van der Waals surface area contributed by atoms with E-state index in [9.17, 15) is 8.42 Å². The lowest BCUT2D eigenvalue weighted by atomic mass is 9.94. The third kappa shape index (κ3) is 2.71. The molecule has 7 heteroatoms. The van der Waals surface area contributed by atoms with Gasteiger partial charge in [-0.15, -0.1) is 0 Å². The number of halogens is 1. The van der Waals surface area contributed by atoms with Crippen LogP contribution in [0, 0.1) is 5.92 Å². The number of nitrogens with zero attached hydrogens (tertiary/aromatic N) is 2. The van der Waals surface area contributed by atoms with Gasteiger partial charge in [0.15, 0.2) is 0 Å². The fraction of sp³-hybridized carbons (Fsp3) is 0.643. The molecule has 1 aliphatic heterocycles. The van der Waals surface area contributed by atoms with Crippen molar-refractivity contribution in [3.63, 3.8) is 0 Å². The second kappa shape index (κ2) is 5.85. The van der Waals surface area contributed by atoms with Crippen molar-refractivity contribution < 1.29 is 8.42 Å². The van der Waals surface area contributed by atoms with E-state index in [0.29, 0.717) is 22.8 Å². The van der Waals surface area contributed by atoms with Crippen LogP contribution in [-0.2, 0) is 10.0 Å². The zero-order valence-electron chi connectivity index (χ0n) is 12.0. The number of pyridine rings is 1. The molecule has 1 N–H and O–H groups in total. The van der Waals surface area contributed by atoms with Crippen molar-refractivity contribution in [1.29, 1.82) is 0 Å². The van der Waals surface area contributed by atoms with Crippen LogP contribution in [0.25, 0.3) is 0 Å². The molecule has 0 radical (unpaired) electrons. The molecular weight excluding hydrogens is 354 g/mol. The number of nitrogens with one attached hydrogen (secondary N) is 1. The lowest BCUT2D eigenvalue weighted by Gasteiger charge is -2.36. The van der Waals surface area contributed by atoms with Gasteiger partial charge in [-0.25, -0.2) is 13.4 Å². The van der Waals surface area contributed by atoms with Gasteiger partial charge in [-0.2, -0.15) is 4.31 Å². The molecule has 116 valence electrons. The largest absolute Gasteiger partial charge is 0.372 e. The molecule has 2 aliphatic rings. The van der Waals surface area contributed by atoms with Gasteiger partial charge in [0.2, 0.25) is 10.0 Å². The predicted octanol–water partition coefficient (Wildman–Crippen LogP) is 2.84. The van der Waals surface area contributed by atoms with E-state index in [4.69, 9.17) is 0 Å². The molecule has 2 heterocycles. The molecule has 1 saturated heterocycles. The Hall–Kier alpha value is -0.660. The quantitative estimate of drug-likeness (QED) is 0.884. The average Bonchev–Trinajstić information content (AvgIpc) is 2.95. The van der Waals surface area contributed by atoms with E-state index in [2.05, 4.69) is 26.2 Å². The summed E-state index contributed by atoms with van der Waals surface area (Å²) >= 11 is 3.33. The molecule has 1 aromatic heterocycles. The summed E-state index contributed by atoms with van der Waals surface area (Å²) in [6, 6.07) is 1.82. The van der Waals surface area contributed by atoms with Crippen LogP contribution in [0.15, 0.2) is 21.6 Å². The SMILES string of the molecule is CNc1ncc(Br)cc1S(=O)(=O)N1CCCC2CCCC21. The number of hydrogen-bond acceptors (Lipinski definition) is 4. The zero-order valence-corrected chi connectivity index (χ0v) is 14.5. The first kappa shape index (κ1) is 15.2. The van der Waals surface area contributed by atoms with Crippen LogP contribution in [0.4, 0.5) is 5.82 Å². The fourth-order valence-electron chi connectivity index (χ4n) is 3.64. The Morgan fingerprint density at radius 3 is 2.86 bits per heavy atom. The van der Waals surface area contributed by atoms with E-state index in [0.717, 1.165) is 32.1 Å². The van der Waals surface area contributed by atoms with Crippen LogP contribution < -0.4 is 5.32 Å². The van der Waals surface area contributed by atoms with E-state index in [1.807, 2.05) is 0 Å². The first-order chi connectivity index (χ1) is 10.0. The Labute approximate surface area is 134 Å². The summed E-state index contributed by atoms with van der Waals surface area (Å²) in [6.07, 6.45) is 7.01. The monoisotopic (exact) mass is 373 g/mol. The highest BCUT2D eigenvalue weighted by Crippen LogP contribution is 2.40. The summed E-state index contributed by atoms with van der Waals surface area (Å²) < 4.78 is 28.6. The maximum Gasteiger partial charge on any atom is 0.247 e. The molecular formula is C14H20BrN3O2S. The Kier molecular flexibility index (Phi) is 4.25. The number of piperidine rings is 1. The first-order valence-electron chi connectivity index (χ1n) is 7.39. The maximum absolute atomic E-state index is 13.1. The molecule has 0 aromatic carbocycles. The third-order valence-electron chi connectivity index (χ3n) is 4.59. The van der Waals surface area contributed by atoms with Gasteiger partial charge < -0.3 is 5.32 Å². The standard InChI is InChI=1S/C14H20BrN3O2S/c1-16-14-13(8-11(15)9-17-14)21(19,20)18-7-3-5-10-4-2-6-12(10)18/h8-10,12H,2-7H2,1H3,(H,16,17). The highest BCUT2D eigenvalue weighted by molar-refractivity contribution is 9.10. The van der Waals surface area contributed by atoms with Gasteiger partial charge in [0, 0.05) is 30.3 Å². The Bertz CT molecular complexity index is 635. The highest BCUT2D eigenvalue weighted by Gasteiger charge is 2.42. The van der Waals surface area contributed by atoms with Crippen molar-refractivity contribution in [2.45, 2.75) is 43.0 Å². The number of hydrogen-bond donors (Lipinski definition) is 1. The van der Waals surface area contributed by atoms with Crippen molar-refractivity contribution in [2.24, 2.45) is 5.92 Å². The molecule has 2 atom stereocenters. The number of fused-ring (bicyclic) bond motifs is 1. The molecule has 3 rings (SSSR count). The van der Waals surface area contributed by atoms with Crippen LogP contribution in [0.1, 0.15) is 32.1 Å². The van der Waals surface area contributed by atoms with Gasteiger partial charge in [-0.1, -0.05) is 6.42 Å². The maximum atomic E-state index is 13.1. The molecule has 1 aromatic rings. The molecule has 2 fully saturated rings.